The van der Waals surface area contributed by atoms with Gasteiger partial charge in [-0.25, -0.2) is 13.6 Å². The van der Waals surface area contributed by atoms with Gasteiger partial charge in [0, 0.05) is 63.0 Å². The van der Waals surface area contributed by atoms with Crippen LogP contribution in [0.3, 0.4) is 0 Å². The van der Waals surface area contributed by atoms with Crippen molar-refractivity contribution < 1.29 is 27.8 Å². The molecule has 0 radical (unpaired) electrons. The molecule has 0 aromatic heterocycles. The molecule has 1 fully saturated rings. The number of carbonyl (C=O) groups excluding carboxylic acids is 2. The number of nitrogens with zero attached hydrogens (tertiary/aromatic N) is 1. The Bertz CT molecular complexity index is 977. The van der Waals surface area contributed by atoms with Gasteiger partial charge in [-0.3, -0.25) is 4.79 Å². The molecule has 0 saturated heterocycles. The number of rotatable bonds is 8. The number of hydrogen-bond donors (Lipinski definition) is 2. The van der Waals surface area contributed by atoms with Crippen LogP contribution >= 0.6 is 0 Å². The highest BCUT2D eigenvalue weighted by molar-refractivity contribution is 5.93. The summed E-state index contributed by atoms with van der Waals surface area (Å²) in [5.74, 6) is -3.43. The molecule has 0 bridgehead atoms. The molecule has 2 aliphatic rings. The van der Waals surface area contributed by atoms with Crippen LogP contribution in [-0.4, -0.2) is 67.3 Å². The Kier molecular flexibility index (Phi) is 8.90. The van der Waals surface area contributed by atoms with E-state index < -0.39 is 28.9 Å². The fourth-order valence-electron chi connectivity index (χ4n) is 5.76. The van der Waals surface area contributed by atoms with Crippen molar-refractivity contribution in [3.8, 4) is 0 Å². The first-order chi connectivity index (χ1) is 17.1. The molecule has 2 aliphatic carbocycles. The Morgan fingerprint density at radius 3 is 2.54 bits per heavy atom. The Morgan fingerprint density at radius 2 is 1.95 bits per heavy atom. The van der Waals surface area contributed by atoms with Gasteiger partial charge in [-0.2, -0.15) is 0 Å². The van der Waals surface area contributed by atoms with Crippen LogP contribution in [0.1, 0.15) is 81.8 Å². The van der Waals surface area contributed by atoms with E-state index in [0.717, 1.165) is 11.1 Å². The molecule has 3 atom stereocenters. The third kappa shape index (κ3) is 7.41. The van der Waals surface area contributed by atoms with Gasteiger partial charge >= 0.3 is 6.09 Å². The van der Waals surface area contributed by atoms with E-state index >= 15 is 0 Å². The van der Waals surface area contributed by atoms with Gasteiger partial charge in [0.05, 0.1) is 6.10 Å². The second-order valence-corrected chi connectivity index (χ2v) is 12.1. The van der Waals surface area contributed by atoms with Crippen LogP contribution in [0.5, 0.6) is 0 Å². The predicted molar refractivity (Wildman–Crippen MR) is 139 cm³/mol. The number of alkyl halides is 2. The van der Waals surface area contributed by atoms with E-state index in [9.17, 15) is 18.4 Å². The van der Waals surface area contributed by atoms with Gasteiger partial charge in [-0.15, -0.1) is 0 Å². The van der Waals surface area contributed by atoms with E-state index in [2.05, 4.69) is 19.2 Å². The molecular formula is C28H43F2N3O4. The van der Waals surface area contributed by atoms with E-state index in [1.165, 1.54) is 0 Å². The Labute approximate surface area is 219 Å². The number of methoxy groups -OCH3 is 1. The van der Waals surface area contributed by atoms with E-state index in [1.54, 1.807) is 38.8 Å². The van der Waals surface area contributed by atoms with Crippen molar-refractivity contribution in [2.45, 2.75) is 95.8 Å². The maximum atomic E-state index is 14.0. The summed E-state index contributed by atoms with van der Waals surface area (Å²) in [6.07, 6.45) is 0.865. The van der Waals surface area contributed by atoms with Crippen molar-refractivity contribution in [1.29, 1.82) is 0 Å². The molecule has 1 unspecified atom stereocenters. The number of nitrogens with two attached hydrogens (primary N) is 1. The molecule has 37 heavy (non-hydrogen) atoms. The van der Waals surface area contributed by atoms with Gasteiger partial charge in [0.1, 0.15) is 5.60 Å². The fraction of sp³-hybridized carbons (Fsp3) is 0.714. The van der Waals surface area contributed by atoms with Gasteiger partial charge in [0.2, 0.25) is 11.8 Å². The molecule has 7 nitrogen and oxygen atoms in total. The average Bonchev–Trinajstić information content (AvgIpc) is 2.77. The lowest BCUT2D eigenvalue weighted by Crippen LogP contribution is -2.58. The summed E-state index contributed by atoms with van der Waals surface area (Å²) in [6.45, 7) is 10.5. The van der Waals surface area contributed by atoms with Crippen LogP contribution in [0, 0.1) is 5.92 Å². The lowest BCUT2D eigenvalue weighted by molar-refractivity contribution is -0.0582. The summed E-state index contributed by atoms with van der Waals surface area (Å²) in [4.78, 5) is 26.4. The van der Waals surface area contributed by atoms with E-state index in [4.69, 9.17) is 15.2 Å². The Balaban J connectivity index is 1.75. The maximum absolute atomic E-state index is 14.0. The molecule has 3 rings (SSSR count). The fourth-order valence-corrected chi connectivity index (χ4v) is 5.76. The topological polar surface area (TPSA) is 93.9 Å². The predicted octanol–water partition coefficient (Wildman–Crippen LogP) is 4.66. The number of primary amides is 1. The SMILES string of the molecule is CO[C@@H]1Cc2ccc(C(N)=O)cc2C(C)(C)[C@H]1NCCN(CC1CCCC(F)(F)C1)C(=O)OC(C)(C)C. The van der Waals surface area contributed by atoms with Crippen LogP contribution in [-0.2, 0) is 21.3 Å². The molecule has 2 amide bonds. The average molecular weight is 524 g/mol. The van der Waals surface area contributed by atoms with E-state index in [-0.39, 0.29) is 37.5 Å². The van der Waals surface area contributed by atoms with E-state index in [1.807, 2.05) is 12.1 Å². The number of nitrogens with one attached hydrogen (secondary N) is 1. The maximum Gasteiger partial charge on any atom is 0.410 e. The molecule has 0 spiro atoms. The van der Waals surface area contributed by atoms with Crippen molar-refractivity contribution in [1.82, 2.24) is 10.2 Å². The summed E-state index contributed by atoms with van der Waals surface area (Å²) < 4.78 is 39.5. The first-order valence-electron chi connectivity index (χ1n) is 13.2. The molecule has 9 heteroatoms. The van der Waals surface area contributed by atoms with Crippen LogP contribution in [0.4, 0.5) is 13.6 Å². The number of ether oxygens (including phenoxy) is 2. The lowest BCUT2D eigenvalue weighted by atomic mass is 9.67. The zero-order valence-corrected chi connectivity index (χ0v) is 23.0. The minimum absolute atomic E-state index is 0.0917. The molecule has 3 N–H and O–H groups in total. The molecule has 208 valence electrons. The van der Waals surface area contributed by atoms with Crippen molar-refractivity contribution in [2.24, 2.45) is 11.7 Å². The van der Waals surface area contributed by atoms with E-state index in [0.29, 0.717) is 37.9 Å². The summed E-state index contributed by atoms with van der Waals surface area (Å²) in [5, 5.41) is 3.57. The second-order valence-electron chi connectivity index (χ2n) is 12.1. The molecule has 0 aliphatic heterocycles. The van der Waals surface area contributed by atoms with Gasteiger partial charge in [0.25, 0.3) is 0 Å². The standard InChI is InChI=1S/C28H43F2N3O4/c1-26(2,3)37-25(35)33(17-18-8-7-11-28(29,30)16-18)13-12-32-23-22(36-6)15-19-9-10-20(24(31)34)14-21(19)27(23,4)5/h9-10,14,18,22-23,32H,7-8,11-13,15-17H2,1-6H3,(H2,31,34)/t18?,22-,23+/m1/s1. The minimum atomic E-state index is -2.68. The number of benzene rings is 1. The number of hydrogen-bond acceptors (Lipinski definition) is 5. The molecule has 0 heterocycles. The Morgan fingerprint density at radius 1 is 1.24 bits per heavy atom. The molecule has 1 aromatic rings. The summed E-state index contributed by atoms with van der Waals surface area (Å²) in [6, 6.07) is 5.41. The quantitative estimate of drug-likeness (QED) is 0.517. The zero-order chi connectivity index (χ0) is 27.6. The lowest BCUT2D eigenvalue weighted by Gasteiger charge is -2.45. The summed E-state index contributed by atoms with van der Waals surface area (Å²) in [5.41, 5.74) is 7.04. The third-order valence-electron chi connectivity index (χ3n) is 7.58. The van der Waals surface area contributed by atoms with Gasteiger partial charge in [-0.1, -0.05) is 19.9 Å². The van der Waals surface area contributed by atoms with Crippen molar-refractivity contribution >= 4 is 12.0 Å². The molecular weight excluding hydrogens is 480 g/mol. The minimum Gasteiger partial charge on any atom is -0.444 e. The first-order valence-corrected chi connectivity index (χ1v) is 13.2. The largest absolute Gasteiger partial charge is 0.444 e. The molecule has 1 saturated carbocycles. The van der Waals surface area contributed by atoms with Crippen LogP contribution in [0.2, 0.25) is 0 Å². The highest BCUT2D eigenvalue weighted by Crippen LogP contribution is 2.39. The van der Waals surface area contributed by atoms with Crippen molar-refractivity contribution in [2.75, 3.05) is 26.7 Å². The number of carbonyl (C=O) groups is 2. The third-order valence-corrected chi connectivity index (χ3v) is 7.58. The summed E-state index contributed by atoms with van der Waals surface area (Å²) in [7, 11) is 1.68. The van der Waals surface area contributed by atoms with Gasteiger partial charge < -0.3 is 25.4 Å². The number of amides is 2. The van der Waals surface area contributed by atoms with Crippen LogP contribution in [0.15, 0.2) is 18.2 Å². The smallest absolute Gasteiger partial charge is 0.410 e. The van der Waals surface area contributed by atoms with Crippen LogP contribution in [0.25, 0.3) is 0 Å². The molecule has 1 aromatic carbocycles. The van der Waals surface area contributed by atoms with Crippen LogP contribution < -0.4 is 11.1 Å². The number of halogens is 2. The number of fused-ring (bicyclic) bond motifs is 1. The van der Waals surface area contributed by atoms with Gasteiger partial charge in [0.15, 0.2) is 0 Å². The summed E-state index contributed by atoms with van der Waals surface area (Å²) >= 11 is 0. The second kappa shape index (κ2) is 11.2. The van der Waals surface area contributed by atoms with Crippen molar-refractivity contribution in [3.05, 3.63) is 34.9 Å². The highest BCUT2D eigenvalue weighted by Gasteiger charge is 2.43. The first kappa shape index (κ1) is 29.3. The monoisotopic (exact) mass is 523 g/mol. The highest BCUT2D eigenvalue weighted by atomic mass is 19.3. The normalized spacial score (nSPS) is 24.7. The van der Waals surface area contributed by atoms with Gasteiger partial charge in [-0.05, 0) is 62.8 Å². The zero-order valence-electron chi connectivity index (χ0n) is 23.0. The van der Waals surface area contributed by atoms with Crippen molar-refractivity contribution in [3.63, 3.8) is 0 Å². The Hall–Kier alpha value is -2.26.